The largest absolute Gasteiger partial charge is 0.376 e. The number of nitrogens with one attached hydrogen (secondary N) is 1. The monoisotopic (exact) mass is 512 g/mol. The van der Waals surface area contributed by atoms with Crippen molar-refractivity contribution in [2.45, 2.75) is 57.1 Å². The average molecular weight is 513 g/mol. The van der Waals surface area contributed by atoms with Crippen molar-refractivity contribution in [3.05, 3.63) is 71.7 Å². The molecular weight excluding hydrogens is 480 g/mol. The van der Waals surface area contributed by atoms with Crippen LogP contribution < -0.4 is 10.4 Å². The summed E-state index contributed by atoms with van der Waals surface area (Å²) in [6, 6.07) is 18.1. The van der Waals surface area contributed by atoms with Crippen LogP contribution >= 0.6 is 0 Å². The zero-order valence-corrected chi connectivity index (χ0v) is 22.2. The third-order valence-corrected chi connectivity index (χ3v) is 8.29. The van der Waals surface area contributed by atoms with Crippen molar-refractivity contribution < 1.29 is 19.2 Å². The van der Waals surface area contributed by atoms with Crippen LogP contribution in [-0.4, -0.2) is 41.5 Å². The lowest BCUT2D eigenvalue weighted by Crippen LogP contribution is -2.40. The second-order valence-corrected chi connectivity index (χ2v) is 11.3. The van der Waals surface area contributed by atoms with Gasteiger partial charge in [0.25, 0.3) is 5.91 Å². The second kappa shape index (κ2) is 8.86. The number of nitrogens with zero attached hydrogens (tertiary/aromatic N) is 3. The molecule has 1 aromatic heterocycles. The Morgan fingerprint density at radius 2 is 1.92 bits per heavy atom. The van der Waals surface area contributed by atoms with Gasteiger partial charge >= 0.3 is 5.88 Å². The number of hydrogen-bond donors (Lipinski definition) is 1. The fourth-order valence-corrected chi connectivity index (χ4v) is 6.16. The van der Waals surface area contributed by atoms with Crippen LogP contribution in [0.3, 0.4) is 0 Å². The normalized spacial score (nSPS) is 25.8. The molecule has 0 spiro atoms. The standard InChI is InChI=1S/C30H32N4O4/c1-19-16-30(19,28-31-26(18-35)38-32-28)34-24-11-10-20(21-12-13-37-29(2,3)17-21)14-22(24)15-25(34)27(36)33(4)23-8-6-5-7-9-23/h5-11,14-15,19,21H,12-13,16-17H2,1-4H3,(H,31,32)/t19-,21-,30-/m0/s1. The summed E-state index contributed by atoms with van der Waals surface area (Å²) < 4.78 is 8.04. The van der Waals surface area contributed by atoms with Crippen LogP contribution in [0.25, 0.3) is 10.9 Å². The number of amidine groups is 1. The van der Waals surface area contributed by atoms with E-state index in [-0.39, 0.29) is 23.3 Å². The van der Waals surface area contributed by atoms with Crippen molar-refractivity contribution in [2.24, 2.45) is 10.9 Å². The Hall–Kier alpha value is -3.87. The molecule has 3 aliphatic rings. The highest BCUT2D eigenvalue weighted by Crippen LogP contribution is 2.54. The third kappa shape index (κ3) is 3.92. The minimum atomic E-state index is -0.634. The number of carbonyl (C=O) groups is 1. The summed E-state index contributed by atoms with van der Waals surface area (Å²) in [5.41, 5.74) is 5.61. The van der Waals surface area contributed by atoms with Gasteiger partial charge < -0.3 is 19.0 Å². The summed E-state index contributed by atoms with van der Waals surface area (Å²) in [4.78, 5) is 36.6. The molecule has 1 aliphatic carbocycles. The van der Waals surface area contributed by atoms with Crippen LogP contribution in [0.4, 0.5) is 5.69 Å². The molecule has 3 atom stereocenters. The van der Waals surface area contributed by atoms with Crippen LogP contribution in [0.1, 0.15) is 62.0 Å². The molecule has 8 nitrogen and oxygen atoms in total. The van der Waals surface area contributed by atoms with Gasteiger partial charge in [0.15, 0.2) is 11.8 Å². The van der Waals surface area contributed by atoms with E-state index in [1.807, 2.05) is 36.4 Å². The first-order chi connectivity index (χ1) is 18.2. The molecule has 1 saturated carbocycles. The fraction of sp³-hybridized carbons (Fsp3) is 0.400. The quantitative estimate of drug-likeness (QED) is 0.490. The van der Waals surface area contributed by atoms with Crippen LogP contribution in [-0.2, 0) is 19.9 Å². The average Bonchev–Trinajstić information content (AvgIpc) is 3.25. The summed E-state index contributed by atoms with van der Waals surface area (Å²) >= 11 is 0. The van der Waals surface area contributed by atoms with Crippen molar-refractivity contribution in [1.29, 1.82) is 0 Å². The van der Waals surface area contributed by atoms with Crippen molar-refractivity contribution in [3.8, 4) is 0 Å². The molecule has 3 aromatic rings. The number of aromatic nitrogens is 1. The predicted molar refractivity (Wildman–Crippen MR) is 146 cm³/mol. The van der Waals surface area contributed by atoms with Gasteiger partial charge in [-0.3, -0.25) is 4.79 Å². The maximum absolute atomic E-state index is 14.1. The van der Waals surface area contributed by atoms with Crippen molar-refractivity contribution in [1.82, 2.24) is 10.0 Å². The Labute approximate surface area is 221 Å². The summed E-state index contributed by atoms with van der Waals surface area (Å²) in [5, 5.41) is 1.00. The lowest BCUT2D eigenvalue weighted by Gasteiger charge is -2.35. The third-order valence-electron chi connectivity index (χ3n) is 8.29. The molecule has 0 bridgehead atoms. The zero-order valence-electron chi connectivity index (χ0n) is 22.2. The fourth-order valence-electron chi connectivity index (χ4n) is 6.16. The second-order valence-electron chi connectivity index (χ2n) is 11.3. The number of benzene rings is 2. The summed E-state index contributed by atoms with van der Waals surface area (Å²) in [6.45, 7) is 7.14. The number of ether oxygens (including phenoxy) is 1. The van der Waals surface area contributed by atoms with Gasteiger partial charge in [-0.25, -0.2) is 10.3 Å². The zero-order chi connectivity index (χ0) is 26.7. The molecular formula is C30H32N4O4. The van der Waals surface area contributed by atoms with Crippen molar-refractivity contribution in [2.75, 3.05) is 18.6 Å². The maximum atomic E-state index is 14.1. The van der Waals surface area contributed by atoms with Crippen molar-refractivity contribution in [3.63, 3.8) is 0 Å². The Morgan fingerprint density at radius 3 is 2.58 bits per heavy atom. The molecule has 6 rings (SSSR count). The van der Waals surface area contributed by atoms with E-state index in [9.17, 15) is 9.59 Å². The van der Waals surface area contributed by atoms with Crippen LogP contribution in [0.2, 0.25) is 0 Å². The maximum Gasteiger partial charge on any atom is 0.332 e. The topological polar surface area (TPSA) is 85.2 Å². The number of hydroxylamine groups is 1. The number of fused-ring (bicyclic) bond motifs is 1. The molecule has 1 amide bonds. The predicted octanol–water partition coefficient (Wildman–Crippen LogP) is 4.93. The van der Waals surface area contributed by atoms with E-state index in [0.29, 0.717) is 17.4 Å². The summed E-state index contributed by atoms with van der Waals surface area (Å²) in [6.07, 6.45) is 2.67. The molecule has 3 heterocycles. The highest BCUT2D eigenvalue weighted by Gasteiger charge is 2.60. The smallest absolute Gasteiger partial charge is 0.332 e. The molecule has 0 unspecified atom stereocenters. The van der Waals surface area contributed by atoms with Gasteiger partial charge in [0.2, 0.25) is 0 Å². The van der Waals surface area contributed by atoms with E-state index in [1.54, 1.807) is 17.9 Å². The van der Waals surface area contributed by atoms with Crippen molar-refractivity contribution >= 4 is 34.3 Å². The summed E-state index contributed by atoms with van der Waals surface area (Å²) in [7, 11) is 1.79. The minimum Gasteiger partial charge on any atom is -0.376 e. The number of rotatable bonds is 5. The van der Waals surface area contributed by atoms with Gasteiger partial charge in [0.1, 0.15) is 11.2 Å². The number of hydrogen-bond acceptors (Lipinski definition) is 6. The van der Waals surface area contributed by atoms with E-state index in [2.05, 4.69) is 54.0 Å². The molecule has 38 heavy (non-hydrogen) atoms. The Morgan fingerprint density at radius 1 is 1.16 bits per heavy atom. The van der Waals surface area contributed by atoms with Gasteiger partial charge in [-0.1, -0.05) is 31.2 Å². The molecule has 0 radical (unpaired) electrons. The van der Waals surface area contributed by atoms with Gasteiger partial charge in [-0.05, 0) is 80.8 Å². The Bertz CT molecular complexity index is 1500. The first kappa shape index (κ1) is 24.5. The molecule has 2 aliphatic heterocycles. The van der Waals surface area contributed by atoms with Gasteiger partial charge in [0, 0.05) is 30.2 Å². The SMILES string of the molecule is C[C@H]1C[C@]1(C1=NC(=C=O)ON1)n1c(C(=O)N(C)c2ccccc2)cc2cc([C@H]3CCOC(C)(C)C3)ccc21. The number of carbonyl (C=O) groups excluding carboxylic acids is 2. The highest BCUT2D eigenvalue weighted by molar-refractivity contribution is 6.09. The first-order valence-electron chi connectivity index (χ1n) is 13.1. The van der Waals surface area contributed by atoms with E-state index in [1.165, 1.54) is 5.56 Å². The number of para-hydroxylation sites is 1. The van der Waals surface area contributed by atoms with Gasteiger partial charge in [0.05, 0.1) is 5.60 Å². The molecule has 1 N–H and O–H groups in total. The van der Waals surface area contributed by atoms with Crippen LogP contribution in [0.5, 0.6) is 0 Å². The number of aliphatic imine (C=N–C) groups is 1. The number of anilines is 1. The lowest BCUT2D eigenvalue weighted by molar-refractivity contribution is -0.0592. The first-order valence-corrected chi connectivity index (χ1v) is 13.1. The van der Waals surface area contributed by atoms with Crippen LogP contribution in [0, 0.1) is 5.92 Å². The molecule has 2 aromatic carbocycles. The molecule has 196 valence electrons. The van der Waals surface area contributed by atoms with E-state index >= 15 is 0 Å². The Balaban J connectivity index is 1.50. The molecule has 8 heteroatoms. The van der Waals surface area contributed by atoms with E-state index in [4.69, 9.17) is 9.57 Å². The number of amides is 1. The molecule has 2 fully saturated rings. The van der Waals surface area contributed by atoms with E-state index < -0.39 is 5.54 Å². The van der Waals surface area contributed by atoms with E-state index in [0.717, 1.165) is 42.5 Å². The van der Waals surface area contributed by atoms with Crippen LogP contribution in [0.15, 0.2) is 65.5 Å². The minimum absolute atomic E-state index is 0.120. The summed E-state index contributed by atoms with van der Waals surface area (Å²) in [5.74, 6) is 2.55. The Kier molecular flexibility index (Phi) is 5.70. The molecule has 1 saturated heterocycles. The van der Waals surface area contributed by atoms with Gasteiger partial charge in [-0.2, -0.15) is 4.99 Å². The highest BCUT2D eigenvalue weighted by atomic mass is 16.7. The lowest BCUT2D eigenvalue weighted by atomic mass is 9.83. The van der Waals surface area contributed by atoms with Gasteiger partial charge in [-0.15, -0.1) is 0 Å².